The monoisotopic (exact) mass is 866 g/mol. The maximum Gasteiger partial charge on any atom is 0.0462 e. The van der Waals surface area contributed by atoms with E-state index >= 15 is 0 Å². The normalized spacial score (nSPS) is 9.85. The van der Waals surface area contributed by atoms with Crippen LogP contribution >= 0.6 is 28.7 Å². The van der Waals surface area contributed by atoms with Crippen LogP contribution in [0.3, 0.4) is 0 Å². The van der Waals surface area contributed by atoms with E-state index in [1.165, 1.54) is 29.2 Å². The van der Waals surface area contributed by atoms with Crippen molar-refractivity contribution < 1.29 is 9.53 Å². The molecule has 60 heavy (non-hydrogen) atoms. The van der Waals surface area contributed by atoms with Crippen molar-refractivity contribution in [3.63, 3.8) is 0 Å². The van der Waals surface area contributed by atoms with Gasteiger partial charge in [-0.25, -0.2) is 0 Å². The summed E-state index contributed by atoms with van der Waals surface area (Å²) in [6.07, 6.45) is 0. The van der Waals surface area contributed by atoms with Crippen LogP contribution in [0.25, 0.3) is 22.3 Å². The number of rotatable bonds is 9. The minimum absolute atomic E-state index is 0.211. The van der Waals surface area contributed by atoms with Crippen molar-refractivity contribution in [2.24, 2.45) is 4.30 Å². The number of nitrogens with zero attached hydrogens (tertiary/aromatic N) is 3. The Labute approximate surface area is 369 Å². The number of carbonyl (C=O) groups is 1. The number of hydrogen-bond donors (Lipinski definition) is 1. The second kappa shape index (κ2) is 24.4. The SMILES string of the molecule is Brc1ccc(N(c2ccccc2)c2ccc(-c3ccccc3)cc2)cc1.CCOC(C)=O.[B]=NS.c1ccc(-c2ccc(N(c3ccccc3)c3ccccc3)cc2)cc1. The second-order valence-corrected chi connectivity index (χ2v) is 14.2. The molecule has 0 N–H and O–H groups in total. The summed E-state index contributed by atoms with van der Waals surface area (Å²) < 4.78 is 8.17. The van der Waals surface area contributed by atoms with Crippen LogP contribution in [0.2, 0.25) is 0 Å². The Kier molecular flexibility index (Phi) is 18.2. The Morgan fingerprint density at radius 3 is 0.950 bits per heavy atom. The van der Waals surface area contributed by atoms with E-state index in [2.05, 4.69) is 249 Å². The van der Waals surface area contributed by atoms with Crippen LogP contribution in [0.5, 0.6) is 0 Å². The molecule has 0 fully saturated rings. The summed E-state index contributed by atoms with van der Waals surface area (Å²) in [4.78, 5) is 14.4. The van der Waals surface area contributed by atoms with Gasteiger partial charge in [-0.15, -0.1) is 0 Å². The Bertz CT molecular complexity index is 2390. The van der Waals surface area contributed by atoms with Gasteiger partial charge in [-0.05, 0) is 114 Å². The molecule has 0 bridgehead atoms. The number of ether oxygens (including phenoxy) is 1. The summed E-state index contributed by atoms with van der Waals surface area (Å²) in [5.74, 6) is -0.211. The van der Waals surface area contributed by atoms with Crippen LogP contribution in [0.15, 0.2) is 233 Å². The summed E-state index contributed by atoms with van der Waals surface area (Å²) in [7, 11) is 4.34. The number of esters is 1. The fourth-order valence-corrected chi connectivity index (χ4v) is 6.55. The van der Waals surface area contributed by atoms with Crippen molar-refractivity contribution in [3.05, 3.63) is 229 Å². The molecule has 8 aromatic carbocycles. The summed E-state index contributed by atoms with van der Waals surface area (Å²) in [5, 5.41) is 0. The Balaban J connectivity index is 0.000000190. The summed E-state index contributed by atoms with van der Waals surface area (Å²) >= 11 is 6.72. The minimum atomic E-state index is -0.211. The first-order valence-electron chi connectivity index (χ1n) is 19.4. The molecule has 0 aromatic heterocycles. The standard InChI is InChI=1S/C24H18BrN.C24H19N.C4H8O2.BHNS/c25-21-13-17-24(18-14-21)26(22-9-5-2-6-10-22)23-15-11-20(12-16-23)19-7-3-1-4-8-19;1-4-10-20(11-5-1)21-16-18-24(19-17-21)25(22-12-6-2-7-13-22)23-14-8-3-9-15-23;1-3-6-4(2)5;1-2-3/h1-18H;1-19H;3H2,1-2H3;3H. The molecule has 8 heteroatoms. The van der Waals surface area contributed by atoms with Crippen molar-refractivity contribution in [3.8, 4) is 22.3 Å². The molecule has 297 valence electrons. The van der Waals surface area contributed by atoms with E-state index in [1.54, 1.807) is 6.92 Å². The molecule has 0 aliphatic heterocycles. The van der Waals surface area contributed by atoms with Gasteiger partial charge >= 0.3 is 30.7 Å². The molecule has 0 spiro atoms. The molecule has 8 rings (SSSR count). The van der Waals surface area contributed by atoms with Gasteiger partial charge in [-0.1, -0.05) is 155 Å². The van der Waals surface area contributed by atoms with E-state index in [0.717, 1.165) is 38.6 Å². The van der Waals surface area contributed by atoms with Crippen molar-refractivity contribution in [1.82, 2.24) is 0 Å². The molecule has 0 aliphatic rings. The topological polar surface area (TPSA) is 45.1 Å². The van der Waals surface area contributed by atoms with E-state index in [4.69, 9.17) is 0 Å². The predicted octanol–water partition coefficient (Wildman–Crippen LogP) is 15.2. The number of para-hydroxylation sites is 3. The number of thiol groups is 1. The van der Waals surface area contributed by atoms with Gasteiger partial charge in [0.1, 0.15) is 0 Å². The molecule has 5 nitrogen and oxygen atoms in total. The van der Waals surface area contributed by atoms with E-state index < -0.39 is 0 Å². The molecule has 0 unspecified atom stereocenters. The van der Waals surface area contributed by atoms with Crippen LogP contribution < -0.4 is 9.80 Å². The molecule has 0 heterocycles. The fraction of sp³-hybridized carbons (Fsp3) is 0.0577. The molecule has 0 atom stereocenters. The number of halogens is 1. The quantitative estimate of drug-likeness (QED) is 0.0892. The van der Waals surface area contributed by atoms with Crippen LogP contribution in [-0.4, -0.2) is 20.2 Å². The van der Waals surface area contributed by atoms with Crippen LogP contribution in [0.1, 0.15) is 13.8 Å². The van der Waals surface area contributed by atoms with Gasteiger partial charge in [-0.2, -0.15) is 0 Å². The predicted molar refractivity (Wildman–Crippen MR) is 260 cm³/mol. The molecule has 0 saturated heterocycles. The molecule has 0 amide bonds. The number of benzene rings is 8. The zero-order valence-electron chi connectivity index (χ0n) is 33.6. The zero-order chi connectivity index (χ0) is 42.4. The zero-order valence-corrected chi connectivity index (χ0v) is 36.1. The molecule has 1 radical (unpaired) electrons. The van der Waals surface area contributed by atoms with Crippen LogP contribution in [0, 0.1) is 0 Å². The van der Waals surface area contributed by atoms with Gasteiger partial charge in [0.05, 0.1) is 6.61 Å². The van der Waals surface area contributed by atoms with Gasteiger partial charge in [0, 0.05) is 45.5 Å². The summed E-state index contributed by atoms with van der Waals surface area (Å²) in [6, 6.07) is 78.2. The molecular weight excluding hydrogens is 821 g/mol. The van der Waals surface area contributed by atoms with Gasteiger partial charge in [0.15, 0.2) is 0 Å². The van der Waals surface area contributed by atoms with E-state index in [0.29, 0.717) is 6.61 Å². The molecule has 8 aromatic rings. The van der Waals surface area contributed by atoms with Crippen molar-refractivity contribution in [2.45, 2.75) is 13.8 Å². The van der Waals surface area contributed by atoms with Crippen molar-refractivity contribution in [1.29, 1.82) is 0 Å². The summed E-state index contributed by atoms with van der Waals surface area (Å²) in [5.41, 5.74) is 11.8. The fourth-order valence-electron chi connectivity index (χ4n) is 6.29. The molecule has 0 saturated carbocycles. The first-order valence-corrected chi connectivity index (χ1v) is 20.6. The number of hydrogen-bond acceptors (Lipinski definition) is 6. The van der Waals surface area contributed by atoms with Crippen molar-refractivity contribution >= 4 is 76.5 Å². The minimum Gasteiger partial charge on any atom is -0.311 e. The Hall–Kier alpha value is -6.48. The van der Waals surface area contributed by atoms with Gasteiger partial charge in [0.2, 0.25) is 0 Å². The largest absolute Gasteiger partial charge is 0.311 e. The van der Waals surface area contributed by atoms with Crippen molar-refractivity contribution in [2.75, 3.05) is 16.4 Å². The molecule has 0 aliphatic carbocycles. The third kappa shape index (κ3) is 13.5. The van der Waals surface area contributed by atoms with E-state index in [9.17, 15) is 4.79 Å². The van der Waals surface area contributed by atoms with Gasteiger partial charge in [0.25, 0.3) is 0 Å². The molecular formula is C52H46BBrN3O2S. The average Bonchev–Trinajstić information content (AvgIpc) is 3.30. The number of carbonyl (C=O) groups excluding carboxylic acids is 1. The van der Waals surface area contributed by atoms with Gasteiger partial charge in [-0.3, -0.25) is 4.79 Å². The maximum absolute atomic E-state index is 9.82. The number of anilines is 6. The van der Waals surface area contributed by atoms with E-state index in [1.807, 2.05) is 30.3 Å². The van der Waals surface area contributed by atoms with Gasteiger partial charge < -0.3 is 14.5 Å². The first kappa shape index (κ1) is 44.6. The summed E-state index contributed by atoms with van der Waals surface area (Å²) in [6.45, 7) is 3.65. The smallest absolute Gasteiger partial charge is 0.0462 e. The van der Waals surface area contributed by atoms with Crippen LogP contribution in [0.4, 0.5) is 34.1 Å². The second-order valence-electron chi connectivity index (χ2n) is 13.0. The Morgan fingerprint density at radius 1 is 0.467 bits per heavy atom. The van der Waals surface area contributed by atoms with E-state index in [-0.39, 0.29) is 5.97 Å². The first-order chi connectivity index (χ1) is 29.4. The maximum atomic E-state index is 9.82. The Morgan fingerprint density at radius 2 is 0.700 bits per heavy atom. The third-order valence-electron chi connectivity index (χ3n) is 8.94. The average molecular weight is 868 g/mol. The van der Waals surface area contributed by atoms with Crippen LogP contribution in [-0.2, 0) is 9.53 Å². The third-order valence-corrected chi connectivity index (χ3v) is 9.47.